The third-order valence-electron chi connectivity index (χ3n) is 2.01. The van der Waals surface area contributed by atoms with E-state index in [-0.39, 0.29) is 31.1 Å². The number of amides is 1. The van der Waals surface area contributed by atoms with Crippen molar-refractivity contribution in [3.63, 3.8) is 0 Å². The van der Waals surface area contributed by atoms with Crippen LogP contribution in [0.1, 0.15) is 13.8 Å². The maximum Gasteiger partial charge on any atom is 0.246 e. The normalized spacial score (nSPS) is 12.9. The van der Waals surface area contributed by atoms with E-state index in [1.54, 1.807) is 7.11 Å². The van der Waals surface area contributed by atoms with Crippen molar-refractivity contribution >= 4 is 5.91 Å². The van der Waals surface area contributed by atoms with Gasteiger partial charge < -0.3 is 19.9 Å². The average Bonchev–Trinajstić information content (AvgIpc) is 2.20. The standard InChI is InChI=1S/C10H21NO4/c1-8(2)9(6-12)11-10(13)7-15-5-4-14-3/h8-9,12H,4-7H2,1-3H3,(H,11,13). The predicted molar refractivity (Wildman–Crippen MR) is 56.5 cm³/mol. The average molecular weight is 219 g/mol. The van der Waals surface area contributed by atoms with Crippen LogP contribution in [-0.2, 0) is 14.3 Å². The van der Waals surface area contributed by atoms with Crippen molar-refractivity contribution in [3.8, 4) is 0 Å². The van der Waals surface area contributed by atoms with Crippen LogP contribution in [-0.4, -0.2) is 50.6 Å². The van der Waals surface area contributed by atoms with Crippen LogP contribution in [0.2, 0.25) is 0 Å². The van der Waals surface area contributed by atoms with Gasteiger partial charge in [-0.3, -0.25) is 4.79 Å². The van der Waals surface area contributed by atoms with Crippen LogP contribution >= 0.6 is 0 Å². The highest BCUT2D eigenvalue weighted by Gasteiger charge is 2.14. The quantitative estimate of drug-likeness (QED) is 0.554. The molecule has 2 N–H and O–H groups in total. The molecule has 0 saturated carbocycles. The summed E-state index contributed by atoms with van der Waals surface area (Å²) in [6.45, 7) is 4.70. The van der Waals surface area contributed by atoms with Crippen LogP contribution in [0.3, 0.4) is 0 Å². The highest BCUT2D eigenvalue weighted by atomic mass is 16.5. The Morgan fingerprint density at radius 3 is 2.53 bits per heavy atom. The molecule has 15 heavy (non-hydrogen) atoms. The zero-order valence-electron chi connectivity index (χ0n) is 9.66. The first kappa shape index (κ1) is 14.3. The van der Waals surface area contributed by atoms with Crippen molar-refractivity contribution < 1.29 is 19.4 Å². The van der Waals surface area contributed by atoms with Gasteiger partial charge in [0.1, 0.15) is 6.61 Å². The molecule has 0 spiro atoms. The Bertz CT molecular complexity index is 173. The van der Waals surface area contributed by atoms with Crippen molar-refractivity contribution in [2.45, 2.75) is 19.9 Å². The molecule has 5 nitrogen and oxygen atoms in total. The van der Waals surface area contributed by atoms with Gasteiger partial charge in [0.25, 0.3) is 0 Å². The van der Waals surface area contributed by atoms with E-state index >= 15 is 0 Å². The van der Waals surface area contributed by atoms with E-state index in [2.05, 4.69) is 5.32 Å². The van der Waals surface area contributed by atoms with Gasteiger partial charge in [0.15, 0.2) is 0 Å². The molecule has 0 heterocycles. The van der Waals surface area contributed by atoms with Crippen LogP contribution in [0.4, 0.5) is 0 Å². The molecule has 0 aliphatic heterocycles. The summed E-state index contributed by atoms with van der Waals surface area (Å²) in [6, 6.07) is -0.205. The van der Waals surface area contributed by atoms with Gasteiger partial charge in [0, 0.05) is 7.11 Å². The molecule has 0 bridgehead atoms. The second-order valence-corrected chi connectivity index (χ2v) is 3.65. The van der Waals surface area contributed by atoms with Crippen molar-refractivity contribution in [2.75, 3.05) is 33.5 Å². The molecule has 0 fully saturated rings. The molecular weight excluding hydrogens is 198 g/mol. The summed E-state index contributed by atoms with van der Waals surface area (Å²) in [7, 11) is 1.57. The molecule has 0 aromatic carbocycles. The Labute approximate surface area is 90.8 Å². The summed E-state index contributed by atoms with van der Waals surface area (Å²) in [6.07, 6.45) is 0. The van der Waals surface area contributed by atoms with E-state index in [9.17, 15) is 4.79 Å². The Morgan fingerprint density at radius 2 is 2.07 bits per heavy atom. The van der Waals surface area contributed by atoms with Gasteiger partial charge in [-0.15, -0.1) is 0 Å². The molecule has 0 radical (unpaired) electrons. The number of ether oxygens (including phenoxy) is 2. The summed E-state index contributed by atoms with van der Waals surface area (Å²) in [5, 5.41) is 11.7. The van der Waals surface area contributed by atoms with Crippen molar-refractivity contribution in [3.05, 3.63) is 0 Å². The first-order chi connectivity index (χ1) is 7.11. The predicted octanol–water partition coefficient (Wildman–Crippen LogP) is -0.217. The Kier molecular flexibility index (Phi) is 8.27. The number of methoxy groups -OCH3 is 1. The number of hydrogen-bond donors (Lipinski definition) is 2. The molecule has 1 atom stereocenters. The third kappa shape index (κ3) is 7.30. The monoisotopic (exact) mass is 219 g/mol. The first-order valence-electron chi connectivity index (χ1n) is 5.08. The van der Waals surface area contributed by atoms with Crippen LogP contribution in [0.15, 0.2) is 0 Å². The van der Waals surface area contributed by atoms with Crippen LogP contribution in [0.5, 0.6) is 0 Å². The fourth-order valence-electron chi connectivity index (χ4n) is 0.979. The molecule has 0 saturated heterocycles. The highest BCUT2D eigenvalue weighted by molar-refractivity contribution is 5.77. The molecule has 0 aromatic heterocycles. The minimum Gasteiger partial charge on any atom is -0.394 e. The summed E-state index contributed by atoms with van der Waals surface area (Å²) in [5.74, 6) is -0.00298. The number of hydrogen-bond acceptors (Lipinski definition) is 4. The number of aliphatic hydroxyl groups is 1. The number of aliphatic hydroxyl groups excluding tert-OH is 1. The Hall–Kier alpha value is -0.650. The van der Waals surface area contributed by atoms with E-state index < -0.39 is 0 Å². The summed E-state index contributed by atoms with van der Waals surface area (Å²) in [5.41, 5.74) is 0. The maximum atomic E-state index is 11.3. The summed E-state index contributed by atoms with van der Waals surface area (Å²) >= 11 is 0. The molecule has 1 amide bonds. The number of carbonyl (C=O) groups is 1. The second kappa shape index (κ2) is 8.64. The molecule has 0 aliphatic rings. The maximum absolute atomic E-state index is 11.3. The molecular formula is C10H21NO4. The number of carbonyl (C=O) groups excluding carboxylic acids is 1. The van der Waals surface area contributed by atoms with Gasteiger partial charge in [-0.05, 0) is 5.92 Å². The van der Waals surface area contributed by atoms with Crippen molar-refractivity contribution in [1.29, 1.82) is 0 Å². The van der Waals surface area contributed by atoms with Crippen LogP contribution < -0.4 is 5.32 Å². The number of nitrogens with one attached hydrogen (secondary N) is 1. The van der Waals surface area contributed by atoms with Crippen LogP contribution in [0, 0.1) is 5.92 Å². The van der Waals surface area contributed by atoms with E-state index in [0.717, 1.165) is 0 Å². The fraction of sp³-hybridized carbons (Fsp3) is 0.900. The van der Waals surface area contributed by atoms with E-state index in [4.69, 9.17) is 14.6 Å². The smallest absolute Gasteiger partial charge is 0.246 e. The second-order valence-electron chi connectivity index (χ2n) is 3.65. The Morgan fingerprint density at radius 1 is 1.40 bits per heavy atom. The molecule has 0 aromatic rings. The molecule has 5 heteroatoms. The van der Waals surface area contributed by atoms with Gasteiger partial charge in [0.2, 0.25) is 5.91 Å². The number of rotatable bonds is 8. The fourth-order valence-corrected chi connectivity index (χ4v) is 0.979. The van der Waals surface area contributed by atoms with Gasteiger partial charge in [0.05, 0.1) is 25.9 Å². The van der Waals surface area contributed by atoms with E-state index in [1.807, 2.05) is 13.8 Å². The lowest BCUT2D eigenvalue weighted by molar-refractivity contribution is -0.127. The highest BCUT2D eigenvalue weighted by Crippen LogP contribution is 1.99. The van der Waals surface area contributed by atoms with Gasteiger partial charge in [-0.1, -0.05) is 13.8 Å². The van der Waals surface area contributed by atoms with E-state index in [0.29, 0.717) is 13.2 Å². The van der Waals surface area contributed by atoms with Crippen LogP contribution in [0.25, 0.3) is 0 Å². The molecule has 1 unspecified atom stereocenters. The zero-order chi connectivity index (χ0) is 11.7. The third-order valence-corrected chi connectivity index (χ3v) is 2.01. The first-order valence-corrected chi connectivity index (χ1v) is 5.08. The SMILES string of the molecule is COCCOCC(=O)NC(CO)C(C)C. The minimum atomic E-state index is -0.209. The minimum absolute atomic E-state index is 0.00653. The van der Waals surface area contributed by atoms with Gasteiger partial charge in [-0.25, -0.2) is 0 Å². The molecule has 0 rings (SSSR count). The molecule has 0 aliphatic carbocycles. The largest absolute Gasteiger partial charge is 0.394 e. The van der Waals surface area contributed by atoms with Crippen molar-refractivity contribution in [1.82, 2.24) is 5.32 Å². The zero-order valence-corrected chi connectivity index (χ0v) is 9.66. The lowest BCUT2D eigenvalue weighted by Crippen LogP contribution is -2.42. The van der Waals surface area contributed by atoms with Gasteiger partial charge >= 0.3 is 0 Å². The van der Waals surface area contributed by atoms with Crippen molar-refractivity contribution in [2.24, 2.45) is 5.92 Å². The topological polar surface area (TPSA) is 67.8 Å². The Balaban J connectivity index is 3.62. The summed E-state index contributed by atoms with van der Waals surface area (Å²) < 4.78 is 9.81. The molecule has 90 valence electrons. The van der Waals surface area contributed by atoms with Gasteiger partial charge in [-0.2, -0.15) is 0 Å². The lowest BCUT2D eigenvalue weighted by Gasteiger charge is -2.19. The van der Waals surface area contributed by atoms with E-state index in [1.165, 1.54) is 0 Å². The summed E-state index contributed by atoms with van der Waals surface area (Å²) in [4.78, 5) is 11.3. The lowest BCUT2D eigenvalue weighted by atomic mass is 10.1.